The highest BCUT2D eigenvalue weighted by molar-refractivity contribution is 7.90. The lowest BCUT2D eigenvalue weighted by Crippen LogP contribution is -2.49. The zero-order valence-corrected chi connectivity index (χ0v) is 17.0. The van der Waals surface area contributed by atoms with Crippen LogP contribution in [0.2, 0.25) is 5.02 Å². The molecule has 0 atom stereocenters. The summed E-state index contributed by atoms with van der Waals surface area (Å²) in [6.45, 7) is 1.41. The second-order valence-corrected chi connectivity index (χ2v) is 8.18. The number of benzene rings is 2. The summed E-state index contributed by atoms with van der Waals surface area (Å²) in [5.41, 5.74) is 1.03. The Balaban J connectivity index is 1.62. The van der Waals surface area contributed by atoms with Crippen molar-refractivity contribution in [1.82, 2.24) is 14.9 Å². The van der Waals surface area contributed by atoms with E-state index in [-0.39, 0.29) is 10.9 Å². The van der Waals surface area contributed by atoms with Gasteiger partial charge in [-0.15, -0.1) is 0 Å². The van der Waals surface area contributed by atoms with Crippen molar-refractivity contribution in [3.63, 3.8) is 0 Å². The summed E-state index contributed by atoms with van der Waals surface area (Å²) in [6.07, 6.45) is 0. The van der Waals surface area contributed by atoms with Gasteiger partial charge in [-0.25, -0.2) is 18.1 Å². The van der Waals surface area contributed by atoms with E-state index in [4.69, 9.17) is 21.1 Å². The van der Waals surface area contributed by atoms with Crippen molar-refractivity contribution >= 4 is 27.6 Å². The largest absolute Gasteiger partial charge is 0.493 e. The lowest BCUT2D eigenvalue weighted by atomic mass is 10.2. The van der Waals surface area contributed by atoms with Crippen molar-refractivity contribution in [3.8, 4) is 11.5 Å². The summed E-state index contributed by atoms with van der Waals surface area (Å²) in [6, 6.07) is 11.6. The van der Waals surface area contributed by atoms with Gasteiger partial charge >= 0.3 is 0 Å². The quantitative estimate of drug-likeness (QED) is 0.737. The predicted molar refractivity (Wildman–Crippen MR) is 107 cm³/mol. The Kier molecular flexibility index (Phi) is 6.28. The Morgan fingerprint density at radius 1 is 1.14 bits per heavy atom. The van der Waals surface area contributed by atoms with Crippen molar-refractivity contribution in [2.75, 3.05) is 27.6 Å². The molecule has 0 fully saturated rings. The standard InChI is InChI=1S/C18H21ClN4O4S/c1-26-16-8-3-13(9-17(16)27-2)10-23-11-20-18(21-12-23)22-28(24,25)15-6-4-14(19)5-7-15/h3-9H,10-12H2,1-2H3,(H2,20,21,22). The van der Waals surface area contributed by atoms with Gasteiger partial charge < -0.3 is 14.8 Å². The van der Waals surface area contributed by atoms with Crippen LogP contribution in [0.15, 0.2) is 52.4 Å². The molecule has 0 saturated carbocycles. The van der Waals surface area contributed by atoms with Crippen molar-refractivity contribution in [2.24, 2.45) is 4.99 Å². The van der Waals surface area contributed by atoms with Crippen LogP contribution in [0.5, 0.6) is 11.5 Å². The molecule has 1 heterocycles. The monoisotopic (exact) mass is 424 g/mol. The van der Waals surface area contributed by atoms with E-state index in [9.17, 15) is 8.42 Å². The van der Waals surface area contributed by atoms with Gasteiger partial charge in [-0.3, -0.25) is 4.90 Å². The molecule has 2 aromatic rings. The van der Waals surface area contributed by atoms with Gasteiger partial charge in [0.1, 0.15) is 0 Å². The second-order valence-electron chi connectivity index (χ2n) is 6.06. The van der Waals surface area contributed by atoms with Crippen molar-refractivity contribution < 1.29 is 17.9 Å². The molecule has 0 amide bonds. The third-order valence-electron chi connectivity index (χ3n) is 4.11. The number of hydrogen-bond donors (Lipinski definition) is 2. The van der Waals surface area contributed by atoms with Crippen LogP contribution in [0, 0.1) is 0 Å². The average Bonchev–Trinajstić information content (AvgIpc) is 2.69. The van der Waals surface area contributed by atoms with E-state index >= 15 is 0 Å². The number of methoxy groups -OCH3 is 2. The van der Waals surface area contributed by atoms with Crippen molar-refractivity contribution in [3.05, 3.63) is 53.1 Å². The molecule has 0 aromatic heterocycles. The number of nitrogens with zero attached hydrogens (tertiary/aromatic N) is 2. The molecular weight excluding hydrogens is 404 g/mol. The lowest BCUT2D eigenvalue weighted by Gasteiger charge is -2.27. The van der Waals surface area contributed by atoms with Gasteiger partial charge in [0.25, 0.3) is 10.0 Å². The Morgan fingerprint density at radius 2 is 1.86 bits per heavy atom. The summed E-state index contributed by atoms with van der Waals surface area (Å²) in [5.74, 6) is 1.53. The fraction of sp³-hybridized carbons (Fsp3) is 0.278. The third kappa shape index (κ3) is 4.86. The minimum absolute atomic E-state index is 0.120. The Bertz CT molecular complexity index is 964. The molecule has 0 aliphatic carbocycles. The minimum atomic E-state index is -3.72. The van der Waals surface area contributed by atoms with Gasteiger partial charge in [-0.1, -0.05) is 17.7 Å². The number of ether oxygens (including phenoxy) is 2. The molecule has 0 spiro atoms. The molecule has 0 unspecified atom stereocenters. The summed E-state index contributed by atoms with van der Waals surface area (Å²) >= 11 is 5.80. The molecule has 8 nitrogen and oxygen atoms in total. The van der Waals surface area contributed by atoms with Gasteiger partial charge in [0, 0.05) is 11.6 Å². The van der Waals surface area contributed by atoms with Crippen molar-refractivity contribution in [2.45, 2.75) is 11.4 Å². The second kappa shape index (κ2) is 8.68. The van der Waals surface area contributed by atoms with Gasteiger partial charge in [0.15, 0.2) is 11.5 Å². The van der Waals surface area contributed by atoms with Crippen LogP contribution in [-0.4, -0.2) is 46.8 Å². The zero-order valence-electron chi connectivity index (χ0n) is 15.5. The van der Waals surface area contributed by atoms with Crippen molar-refractivity contribution in [1.29, 1.82) is 0 Å². The van der Waals surface area contributed by atoms with E-state index in [1.165, 1.54) is 24.3 Å². The number of nitrogens with one attached hydrogen (secondary N) is 2. The van der Waals surface area contributed by atoms with E-state index < -0.39 is 10.0 Å². The smallest absolute Gasteiger partial charge is 0.264 e. The summed E-state index contributed by atoms with van der Waals surface area (Å²) in [7, 11) is -0.539. The van der Waals surface area contributed by atoms with E-state index in [1.54, 1.807) is 14.2 Å². The Morgan fingerprint density at radius 3 is 2.46 bits per heavy atom. The first-order chi connectivity index (χ1) is 13.4. The summed E-state index contributed by atoms with van der Waals surface area (Å²) in [5, 5.41) is 3.45. The fourth-order valence-corrected chi connectivity index (χ4v) is 3.80. The van der Waals surface area contributed by atoms with Crippen LogP contribution in [0.1, 0.15) is 5.56 Å². The predicted octanol–water partition coefficient (Wildman–Crippen LogP) is 2.01. The maximum Gasteiger partial charge on any atom is 0.264 e. The minimum Gasteiger partial charge on any atom is -0.493 e. The lowest BCUT2D eigenvalue weighted by molar-refractivity contribution is 0.254. The van der Waals surface area contributed by atoms with Gasteiger partial charge in [-0.05, 0) is 42.0 Å². The molecule has 1 aliphatic rings. The first-order valence-electron chi connectivity index (χ1n) is 8.41. The molecule has 150 valence electrons. The highest BCUT2D eigenvalue weighted by Crippen LogP contribution is 2.28. The number of rotatable bonds is 6. The van der Waals surface area contributed by atoms with Crippen LogP contribution < -0.4 is 19.5 Å². The maximum absolute atomic E-state index is 12.4. The van der Waals surface area contributed by atoms with Crippen LogP contribution >= 0.6 is 11.6 Å². The first-order valence-corrected chi connectivity index (χ1v) is 10.3. The number of halogens is 1. The van der Waals surface area contributed by atoms with Crippen LogP contribution in [0.25, 0.3) is 0 Å². The third-order valence-corrected chi connectivity index (χ3v) is 5.71. The van der Waals surface area contributed by atoms with Gasteiger partial charge in [0.2, 0.25) is 5.96 Å². The van der Waals surface area contributed by atoms with Gasteiger partial charge in [0.05, 0.1) is 32.5 Å². The Labute approximate surface area is 169 Å². The summed E-state index contributed by atoms with van der Waals surface area (Å²) in [4.78, 5) is 6.41. The zero-order chi connectivity index (χ0) is 20.1. The van der Waals surface area contributed by atoms with E-state index in [0.717, 1.165) is 5.56 Å². The van der Waals surface area contributed by atoms with E-state index in [1.807, 2.05) is 23.1 Å². The van der Waals surface area contributed by atoms with Crippen LogP contribution in [-0.2, 0) is 16.6 Å². The maximum atomic E-state index is 12.4. The van der Waals surface area contributed by atoms with Crippen LogP contribution in [0.4, 0.5) is 0 Å². The molecule has 2 aromatic carbocycles. The Hall–Kier alpha value is -2.49. The molecule has 0 saturated heterocycles. The number of guanidine groups is 1. The molecule has 28 heavy (non-hydrogen) atoms. The molecule has 10 heteroatoms. The molecule has 2 N–H and O–H groups in total. The SMILES string of the molecule is COc1ccc(CN2CN=C(NS(=O)(=O)c3ccc(Cl)cc3)NC2)cc1OC. The van der Waals surface area contributed by atoms with Gasteiger partial charge in [-0.2, -0.15) is 0 Å². The number of aliphatic imine (C=N–C) groups is 1. The number of hydrogen-bond acceptors (Lipinski definition) is 7. The average molecular weight is 425 g/mol. The highest BCUT2D eigenvalue weighted by atomic mass is 35.5. The normalized spacial score (nSPS) is 14.8. The summed E-state index contributed by atoms with van der Waals surface area (Å²) < 4.78 is 37.8. The molecule has 3 rings (SSSR count). The molecule has 1 aliphatic heterocycles. The van der Waals surface area contributed by atoms with E-state index in [2.05, 4.69) is 15.0 Å². The van der Waals surface area contributed by atoms with Crippen LogP contribution in [0.3, 0.4) is 0 Å². The molecular formula is C18H21ClN4O4S. The number of sulfonamides is 1. The van der Waals surface area contributed by atoms with E-state index in [0.29, 0.717) is 36.4 Å². The fourth-order valence-electron chi connectivity index (χ4n) is 2.67. The first kappa shape index (κ1) is 20.2. The topological polar surface area (TPSA) is 92.3 Å². The highest BCUT2D eigenvalue weighted by Gasteiger charge is 2.19. The molecule has 0 radical (unpaired) electrons. The molecule has 0 bridgehead atoms.